The number of rotatable bonds is 1. The minimum atomic E-state index is -0.908. The molecule has 1 N–H and O–H groups in total. The topological polar surface area (TPSA) is 43.8 Å². The summed E-state index contributed by atoms with van der Waals surface area (Å²) in [5, 5.41) is 8.82. The van der Waals surface area contributed by atoms with E-state index in [-0.39, 0.29) is 5.82 Å². The highest BCUT2D eigenvalue weighted by Crippen LogP contribution is 2.21. The van der Waals surface area contributed by atoms with Crippen LogP contribution in [0.5, 0.6) is 0 Å². The van der Waals surface area contributed by atoms with Crippen LogP contribution in [0.1, 0.15) is 5.56 Å². The first-order valence-corrected chi connectivity index (χ1v) is 5.57. The molecule has 92 valence electrons. The Balaban J connectivity index is 2.08. The summed E-state index contributed by atoms with van der Waals surface area (Å²) in [5.74, 6) is -0.242. The van der Waals surface area contributed by atoms with Crippen LogP contribution < -0.4 is 4.90 Å². The average Bonchev–Trinajstić information content (AvgIpc) is 2.29. The summed E-state index contributed by atoms with van der Waals surface area (Å²) >= 11 is 0. The van der Waals surface area contributed by atoms with E-state index in [0.717, 1.165) is 5.56 Å². The highest BCUT2D eigenvalue weighted by atomic mass is 19.1. The molecular formula is C12H15FN2O2. The van der Waals surface area contributed by atoms with Crippen LogP contribution in [-0.2, 0) is 0 Å². The van der Waals surface area contributed by atoms with Crippen molar-refractivity contribution in [3.63, 3.8) is 0 Å². The van der Waals surface area contributed by atoms with E-state index in [4.69, 9.17) is 5.11 Å². The summed E-state index contributed by atoms with van der Waals surface area (Å²) in [5.41, 5.74) is 1.44. The van der Waals surface area contributed by atoms with Crippen molar-refractivity contribution in [2.24, 2.45) is 0 Å². The van der Waals surface area contributed by atoms with Gasteiger partial charge in [0.15, 0.2) is 0 Å². The molecule has 0 radical (unpaired) electrons. The van der Waals surface area contributed by atoms with Gasteiger partial charge in [0.1, 0.15) is 5.82 Å². The fraction of sp³-hybridized carbons (Fsp3) is 0.417. The van der Waals surface area contributed by atoms with Crippen LogP contribution in [0.15, 0.2) is 18.2 Å². The number of anilines is 1. The van der Waals surface area contributed by atoms with E-state index >= 15 is 0 Å². The lowest BCUT2D eigenvalue weighted by molar-refractivity contribution is 0.142. The highest BCUT2D eigenvalue weighted by Gasteiger charge is 2.21. The fourth-order valence-corrected chi connectivity index (χ4v) is 2.01. The van der Waals surface area contributed by atoms with Gasteiger partial charge < -0.3 is 14.9 Å². The Bertz CT molecular complexity index is 429. The molecule has 0 atom stereocenters. The molecule has 4 nitrogen and oxygen atoms in total. The van der Waals surface area contributed by atoms with E-state index < -0.39 is 6.09 Å². The minimum Gasteiger partial charge on any atom is -0.465 e. The number of amides is 1. The van der Waals surface area contributed by atoms with Crippen molar-refractivity contribution in [3.05, 3.63) is 29.6 Å². The molecule has 5 heteroatoms. The highest BCUT2D eigenvalue weighted by molar-refractivity contribution is 5.65. The van der Waals surface area contributed by atoms with Gasteiger partial charge in [-0.25, -0.2) is 9.18 Å². The smallest absolute Gasteiger partial charge is 0.407 e. The average molecular weight is 238 g/mol. The Labute approximate surface area is 99.3 Å². The van der Waals surface area contributed by atoms with Gasteiger partial charge in [-0.2, -0.15) is 0 Å². The molecule has 0 spiro atoms. The van der Waals surface area contributed by atoms with Gasteiger partial charge in [-0.05, 0) is 24.6 Å². The standard InChI is InChI=1S/C12H15FN2O2/c1-9-2-3-11(10(13)8-9)14-4-6-15(7-5-14)12(16)17/h2-3,8H,4-7H2,1H3,(H,16,17). The van der Waals surface area contributed by atoms with Crippen molar-refractivity contribution in [3.8, 4) is 0 Å². The maximum Gasteiger partial charge on any atom is 0.407 e. The van der Waals surface area contributed by atoms with Gasteiger partial charge in [-0.15, -0.1) is 0 Å². The SMILES string of the molecule is Cc1ccc(N2CCN(C(=O)O)CC2)c(F)c1. The van der Waals surface area contributed by atoms with Crippen LogP contribution in [0.3, 0.4) is 0 Å². The molecule has 0 bridgehead atoms. The molecule has 1 aliphatic heterocycles. The Morgan fingerprint density at radius 2 is 1.94 bits per heavy atom. The number of halogens is 1. The van der Waals surface area contributed by atoms with Crippen LogP contribution in [0.2, 0.25) is 0 Å². The van der Waals surface area contributed by atoms with E-state index in [2.05, 4.69) is 0 Å². The van der Waals surface area contributed by atoms with Crippen molar-refractivity contribution < 1.29 is 14.3 Å². The quantitative estimate of drug-likeness (QED) is 0.813. The van der Waals surface area contributed by atoms with Gasteiger partial charge in [0.2, 0.25) is 0 Å². The zero-order chi connectivity index (χ0) is 12.4. The van der Waals surface area contributed by atoms with Crippen molar-refractivity contribution in [2.45, 2.75) is 6.92 Å². The van der Waals surface area contributed by atoms with E-state index in [1.807, 2.05) is 17.9 Å². The monoisotopic (exact) mass is 238 g/mol. The van der Waals surface area contributed by atoms with E-state index in [0.29, 0.717) is 31.9 Å². The minimum absolute atomic E-state index is 0.242. The van der Waals surface area contributed by atoms with E-state index in [1.165, 1.54) is 11.0 Å². The van der Waals surface area contributed by atoms with Crippen molar-refractivity contribution >= 4 is 11.8 Å². The third-order valence-corrected chi connectivity index (χ3v) is 2.99. The molecule has 0 unspecified atom stereocenters. The van der Waals surface area contributed by atoms with Gasteiger partial charge in [-0.1, -0.05) is 6.07 Å². The molecular weight excluding hydrogens is 223 g/mol. The Morgan fingerprint density at radius 1 is 1.29 bits per heavy atom. The number of piperazine rings is 1. The number of hydrogen-bond donors (Lipinski definition) is 1. The summed E-state index contributed by atoms with van der Waals surface area (Å²) < 4.78 is 13.7. The Hall–Kier alpha value is -1.78. The number of benzene rings is 1. The predicted molar refractivity (Wildman–Crippen MR) is 62.9 cm³/mol. The van der Waals surface area contributed by atoms with Crippen molar-refractivity contribution in [1.82, 2.24) is 4.90 Å². The number of carbonyl (C=O) groups is 1. The second-order valence-electron chi connectivity index (χ2n) is 4.21. The third-order valence-electron chi connectivity index (χ3n) is 2.99. The molecule has 1 saturated heterocycles. The van der Waals surface area contributed by atoms with Crippen molar-refractivity contribution in [1.29, 1.82) is 0 Å². The molecule has 2 rings (SSSR count). The van der Waals surface area contributed by atoms with Crippen LogP contribution in [-0.4, -0.2) is 42.3 Å². The lowest BCUT2D eigenvalue weighted by atomic mass is 10.2. The van der Waals surface area contributed by atoms with Gasteiger partial charge in [0.25, 0.3) is 0 Å². The molecule has 0 aromatic heterocycles. The summed E-state index contributed by atoms with van der Waals surface area (Å²) in [4.78, 5) is 14.0. The maximum absolute atomic E-state index is 13.7. The lowest BCUT2D eigenvalue weighted by Gasteiger charge is -2.34. The molecule has 1 heterocycles. The van der Waals surface area contributed by atoms with E-state index in [9.17, 15) is 9.18 Å². The summed E-state index contributed by atoms with van der Waals surface area (Å²) in [6.45, 7) is 3.75. The van der Waals surface area contributed by atoms with Crippen LogP contribution in [0.25, 0.3) is 0 Å². The fourth-order valence-electron chi connectivity index (χ4n) is 2.01. The van der Waals surface area contributed by atoms with Crippen molar-refractivity contribution in [2.75, 3.05) is 31.1 Å². The van der Waals surface area contributed by atoms with Gasteiger partial charge in [0, 0.05) is 26.2 Å². The van der Waals surface area contributed by atoms with Gasteiger partial charge in [-0.3, -0.25) is 0 Å². The molecule has 1 aromatic carbocycles. The zero-order valence-corrected chi connectivity index (χ0v) is 9.69. The Morgan fingerprint density at radius 3 is 2.47 bits per heavy atom. The van der Waals surface area contributed by atoms with Crippen LogP contribution in [0.4, 0.5) is 14.9 Å². The first kappa shape index (κ1) is 11.7. The second-order valence-corrected chi connectivity index (χ2v) is 4.21. The summed E-state index contributed by atoms with van der Waals surface area (Å²) in [7, 11) is 0. The molecule has 1 amide bonds. The molecule has 1 aromatic rings. The second kappa shape index (κ2) is 4.61. The van der Waals surface area contributed by atoms with Gasteiger partial charge in [0.05, 0.1) is 5.69 Å². The Kier molecular flexibility index (Phi) is 3.17. The molecule has 1 aliphatic rings. The molecule has 0 aliphatic carbocycles. The maximum atomic E-state index is 13.7. The zero-order valence-electron chi connectivity index (χ0n) is 9.69. The first-order valence-electron chi connectivity index (χ1n) is 5.57. The lowest BCUT2D eigenvalue weighted by Crippen LogP contribution is -2.48. The molecule has 0 saturated carbocycles. The third kappa shape index (κ3) is 2.49. The summed E-state index contributed by atoms with van der Waals surface area (Å²) in [6, 6.07) is 5.11. The van der Waals surface area contributed by atoms with E-state index in [1.54, 1.807) is 6.07 Å². The van der Waals surface area contributed by atoms with Crippen LogP contribution in [0, 0.1) is 12.7 Å². The number of nitrogens with zero attached hydrogens (tertiary/aromatic N) is 2. The van der Waals surface area contributed by atoms with Gasteiger partial charge >= 0.3 is 6.09 Å². The first-order chi connectivity index (χ1) is 8.08. The molecule has 1 fully saturated rings. The number of aryl methyl sites for hydroxylation is 1. The number of hydrogen-bond acceptors (Lipinski definition) is 2. The summed E-state index contributed by atoms with van der Waals surface area (Å²) in [6.07, 6.45) is -0.908. The normalized spacial score (nSPS) is 16.1. The molecule has 17 heavy (non-hydrogen) atoms. The number of carboxylic acid groups (broad SMARTS) is 1. The van der Waals surface area contributed by atoms with Crippen LogP contribution >= 0.6 is 0 Å². The predicted octanol–water partition coefficient (Wildman–Crippen LogP) is 1.93. The largest absolute Gasteiger partial charge is 0.465 e.